The molecule has 0 bridgehead atoms. The second kappa shape index (κ2) is 5.91. The minimum Gasteiger partial charge on any atom is -0.454 e. The van der Waals surface area contributed by atoms with Crippen LogP contribution in [0, 0.1) is 0 Å². The summed E-state index contributed by atoms with van der Waals surface area (Å²) in [7, 11) is 0. The largest absolute Gasteiger partial charge is 0.454 e. The van der Waals surface area contributed by atoms with Crippen LogP contribution in [0.3, 0.4) is 0 Å². The lowest BCUT2D eigenvalue weighted by Crippen LogP contribution is -2.35. The molecule has 130 valence electrons. The number of aryl methyl sites for hydroxylation is 1. The third kappa shape index (κ3) is 2.42. The minimum atomic E-state index is -0.145. The van der Waals surface area contributed by atoms with Crippen molar-refractivity contribution in [2.24, 2.45) is 0 Å². The summed E-state index contributed by atoms with van der Waals surface area (Å²) in [5, 5.41) is 4.00. The SMILES string of the molecule is O=C(c1cc(-c2ccc3c(c2)OCO3)on1)N1CCCc2ccccc21. The fourth-order valence-electron chi connectivity index (χ4n) is 3.44. The molecule has 0 atom stereocenters. The van der Waals surface area contributed by atoms with Crippen LogP contribution < -0.4 is 14.4 Å². The summed E-state index contributed by atoms with van der Waals surface area (Å²) in [5.74, 6) is 1.75. The molecule has 0 spiro atoms. The van der Waals surface area contributed by atoms with Gasteiger partial charge in [0.05, 0.1) is 0 Å². The highest BCUT2D eigenvalue weighted by Crippen LogP contribution is 2.36. The maximum Gasteiger partial charge on any atom is 0.280 e. The molecule has 0 saturated heterocycles. The van der Waals surface area contributed by atoms with Crippen LogP contribution in [0.1, 0.15) is 22.5 Å². The number of anilines is 1. The normalized spacial score (nSPS) is 15.0. The van der Waals surface area contributed by atoms with E-state index in [1.807, 2.05) is 36.4 Å². The molecular weight excluding hydrogens is 332 g/mol. The van der Waals surface area contributed by atoms with Gasteiger partial charge in [0.2, 0.25) is 6.79 Å². The number of nitrogens with zero attached hydrogens (tertiary/aromatic N) is 2. The molecule has 0 N–H and O–H groups in total. The summed E-state index contributed by atoms with van der Waals surface area (Å²) < 4.78 is 16.1. The summed E-state index contributed by atoms with van der Waals surface area (Å²) in [6.07, 6.45) is 1.93. The van der Waals surface area contributed by atoms with Gasteiger partial charge < -0.3 is 18.9 Å². The maximum absolute atomic E-state index is 13.0. The predicted octanol–water partition coefficient (Wildman–Crippen LogP) is 3.66. The molecule has 0 fully saturated rings. The van der Waals surface area contributed by atoms with Crippen molar-refractivity contribution in [3.8, 4) is 22.8 Å². The molecule has 1 aromatic heterocycles. The summed E-state index contributed by atoms with van der Waals surface area (Å²) in [5.41, 5.74) is 3.23. The van der Waals surface area contributed by atoms with Gasteiger partial charge in [-0.05, 0) is 42.7 Å². The highest BCUT2D eigenvalue weighted by molar-refractivity contribution is 6.05. The van der Waals surface area contributed by atoms with Gasteiger partial charge in [0.15, 0.2) is 23.0 Å². The molecule has 6 nitrogen and oxygen atoms in total. The third-order valence-corrected chi connectivity index (χ3v) is 4.74. The number of fused-ring (bicyclic) bond motifs is 2. The molecule has 0 aliphatic carbocycles. The number of hydrogen-bond acceptors (Lipinski definition) is 5. The average Bonchev–Trinajstić information content (AvgIpc) is 3.35. The summed E-state index contributed by atoms with van der Waals surface area (Å²) >= 11 is 0. The standard InChI is InChI=1S/C20H16N2O4/c23-20(22-9-3-5-13-4-1-2-6-16(13)22)15-11-18(26-21-15)14-7-8-17-19(10-14)25-12-24-17/h1-2,4,6-8,10-11H,3,5,9,12H2. The van der Waals surface area contributed by atoms with Gasteiger partial charge in [-0.1, -0.05) is 23.4 Å². The van der Waals surface area contributed by atoms with Crippen molar-refractivity contribution in [3.63, 3.8) is 0 Å². The third-order valence-electron chi connectivity index (χ3n) is 4.74. The van der Waals surface area contributed by atoms with E-state index in [2.05, 4.69) is 11.2 Å². The molecule has 3 heterocycles. The van der Waals surface area contributed by atoms with Crippen molar-refractivity contribution >= 4 is 11.6 Å². The number of carbonyl (C=O) groups excluding carboxylic acids is 1. The van der Waals surface area contributed by atoms with Crippen LogP contribution >= 0.6 is 0 Å². The van der Waals surface area contributed by atoms with Gasteiger partial charge in [-0.15, -0.1) is 0 Å². The summed E-state index contributed by atoms with van der Waals surface area (Å²) in [4.78, 5) is 14.7. The van der Waals surface area contributed by atoms with Crippen LogP contribution in [0.15, 0.2) is 53.1 Å². The van der Waals surface area contributed by atoms with Crippen LogP contribution in [-0.4, -0.2) is 24.4 Å². The number of benzene rings is 2. The fourth-order valence-corrected chi connectivity index (χ4v) is 3.44. The number of rotatable bonds is 2. The summed E-state index contributed by atoms with van der Waals surface area (Å²) in [6.45, 7) is 0.898. The van der Waals surface area contributed by atoms with Crippen molar-refractivity contribution in [1.29, 1.82) is 0 Å². The van der Waals surface area contributed by atoms with Gasteiger partial charge >= 0.3 is 0 Å². The lowest BCUT2D eigenvalue weighted by molar-refractivity contribution is 0.0976. The van der Waals surface area contributed by atoms with E-state index in [-0.39, 0.29) is 12.7 Å². The van der Waals surface area contributed by atoms with Crippen LogP contribution in [-0.2, 0) is 6.42 Å². The van der Waals surface area contributed by atoms with E-state index >= 15 is 0 Å². The Morgan fingerprint density at radius 1 is 1.04 bits per heavy atom. The Morgan fingerprint density at radius 2 is 1.92 bits per heavy atom. The molecular formula is C20H16N2O4. The number of carbonyl (C=O) groups is 1. The van der Waals surface area contributed by atoms with Gasteiger partial charge in [-0.2, -0.15) is 0 Å². The zero-order chi connectivity index (χ0) is 17.5. The van der Waals surface area contributed by atoms with Crippen LogP contribution in [0.5, 0.6) is 11.5 Å². The number of para-hydroxylation sites is 1. The Bertz CT molecular complexity index is 995. The van der Waals surface area contributed by atoms with E-state index < -0.39 is 0 Å². The van der Waals surface area contributed by atoms with Gasteiger partial charge in [0, 0.05) is 23.9 Å². The molecule has 2 aliphatic rings. The van der Waals surface area contributed by atoms with Crippen molar-refractivity contribution in [2.75, 3.05) is 18.2 Å². The first kappa shape index (κ1) is 15.0. The molecule has 6 heteroatoms. The fraction of sp³-hybridized carbons (Fsp3) is 0.200. The van der Waals surface area contributed by atoms with E-state index in [0.717, 1.165) is 24.1 Å². The smallest absolute Gasteiger partial charge is 0.280 e. The Kier molecular flexibility index (Phi) is 3.41. The molecule has 0 unspecified atom stereocenters. The Labute approximate surface area is 149 Å². The maximum atomic E-state index is 13.0. The minimum absolute atomic E-state index is 0.145. The molecule has 1 amide bonds. The van der Waals surface area contributed by atoms with Crippen LogP contribution in [0.4, 0.5) is 5.69 Å². The molecule has 0 radical (unpaired) electrons. The second-order valence-corrected chi connectivity index (χ2v) is 6.33. The van der Waals surface area contributed by atoms with Crippen molar-refractivity contribution < 1.29 is 18.8 Å². The van der Waals surface area contributed by atoms with Gasteiger partial charge in [0.25, 0.3) is 5.91 Å². The van der Waals surface area contributed by atoms with E-state index in [4.69, 9.17) is 14.0 Å². The van der Waals surface area contributed by atoms with Gasteiger partial charge in [-0.25, -0.2) is 0 Å². The molecule has 3 aromatic rings. The quantitative estimate of drug-likeness (QED) is 0.707. The van der Waals surface area contributed by atoms with Crippen LogP contribution in [0.25, 0.3) is 11.3 Å². The van der Waals surface area contributed by atoms with E-state index in [1.165, 1.54) is 5.56 Å². The van der Waals surface area contributed by atoms with Crippen LogP contribution in [0.2, 0.25) is 0 Å². The molecule has 0 saturated carbocycles. The number of aromatic nitrogens is 1. The van der Waals surface area contributed by atoms with E-state index in [0.29, 0.717) is 29.5 Å². The lowest BCUT2D eigenvalue weighted by atomic mass is 10.0. The van der Waals surface area contributed by atoms with Gasteiger partial charge in [0.1, 0.15) is 0 Å². The first-order valence-corrected chi connectivity index (χ1v) is 8.56. The second-order valence-electron chi connectivity index (χ2n) is 6.33. The number of ether oxygens (including phenoxy) is 2. The number of amides is 1. The van der Waals surface area contributed by atoms with Crippen molar-refractivity contribution in [1.82, 2.24) is 5.16 Å². The molecule has 26 heavy (non-hydrogen) atoms. The first-order chi connectivity index (χ1) is 12.8. The lowest BCUT2D eigenvalue weighted by Gasteiger charge is -2.28. The van der Waals surface area contributed by atoms with E-state index in [9.17, 15) is 4.79 Å². The Morgan fingerprint density at radius 3 is 2.88 bits per heavy atom. The van der Waals surface area contributed by atoms with Crippen molar-refractivity contribution in [2.45, 2.75) is 12.8 Å². The van der Waals surface area contributed by atoms with E-state index in [1.54, 1.807) is 11.0 Å². The zero-order valence-corrected chi connectivity index (χ0v) is 14.0. The topological polar surface area (TPSA) is 64.8 Å². The Hall–Kier alpha value is -3.28. The summed E-state index contributed by atoms with van der Waals surface area (Å²) in [6, 6.07) is 15.2. The molecule has 2 aromatic carbocycles. The van der Waals surface area contributed by atoms with Gasteiger partial charge in [-0.3, -0.25) is 4.79 Å². The zero-order valence-electron chi connectivity index (χ0n) is 14.0. The number of hydrogen-bond donors (Lipinski definition) is 0. The predicted molar refractivity (Wildman–Crippen MR) is 94.5 cm³/mol. The monoisotopic (exact) mass is 348 g/mol. The van der Waals surface area contributed by atoms with Crippen molar-refractivity contribution in [3.05, 3.63) is 59.8 Å². The first-order valence-electron chi connectivity index (χ1n) is 8.56. The highest BCUT2D eigenvalue weighted by Gasteiger charge is 2.26. The average molecular weight is 348 g/mol. The highest BCUT2D eigenvalue weighted by atomic mass is 16.7. The molecule has 5 rings (SSSR count). The molecule has 2 aliphatic heterocycles. The Balaban J connectivity index is 1.45.